The molecule has 1 unspecified atom stereocenters. The summed E-state index contributed by atoms with van der Waals surface area (Å²) in [6.07, 6.45) is 8.52. The Balaban J connectivity index is 1.39. The molecule has 4 heteroatoms. The van der Waals surface area contributed by atoms with E-state index in [4.69, 9.17) is 0 Å². The van der Waals surface area contributed by atoms with E-state index < -0.39 is 0 Å². The predicted molar refractivity (Wildman–Crippen MR) is 85.3 cm³/mol. The Labute approximate surface area is 133 Å². The van der Waals surface area contributed by atoms with Crippen molar-refractivity contribution in [2.45, 2.75) is 70.1 Å². The molecule has 1 amide bonds. The van der Waals surface area contributed by atoms with E-state index in [1.165, 1.54) is 32.1 Å². The molecule has 5 aliphatic rings. The maximum absolute atomic E-state index is 12.8. The van der Waals surface area contributed by atoms with Crippen molar-refractivity contribution < 1.29 is 9.90 Å². The van der Waals surface area contributed by atoms with Gasteiger partial charge in [-0.15, -0.1) is 0 Å². The molecule has 0 spiro atoms. The van der Waals surface area contributed by atoms with Gasteiger partial charge >= 0.3 is 0 Å². The molecule has 124 valence electrons. The molecule has 1 saturated heterocycles. The number of likely N-dealkylation sites (tertiary alicyclic amines) is 1. The van der Waals surface area contributed by atoms with Crippen LogP contribution in [-0.2, 0) is 4.79 Å². The minimum absolute atomic E-state index is 0.00760. The first kappa shape index (κ1) is 14.9. The average Bonchev–Trinajstić information content (AvgIpc) is 2.89. The smallest absolute Gasteiger partial charge is 0.237 e. The fourth-order valence-electron chi connectivity index (χ4n) is 6.10. The third-order valence-electron chi connectivity index (χ3n) is 6.70. The molecular formula is C18H30N2O2. The summed E-state index contributed by atoms with van der Waals surface area (Å²) in [6, 6.07) is 0.432. The van der Waals surface area contributed by atoms with Crippen molar-refractivity contribution in [1.82, 2.24) is 10.2 Å². The van der Waals surface area contributed by atoms with Crippen molar-refractivity contribution >= 4 is 5.91 Å². The lowest BCUT2D eigenvalue weighted by molar-refractivity contribution is -0.129. The Morgan fingerprint density at radius 2 is 1.82 bits per heavy atom. The van der Waals surface area contributed by atoms with E-state index in [1.807, 2.05) is 6.92 Å². The van der Waals surface area contributed by atoms with Gasteiger partial charge < -0.3 is 10.4 Å². The van der Waals surface area contributed by atoms with Crippen molar-refractivity contribution in [1.29, 1.82) is 0 Å². The second-order valence-corrected chi connectivity index (χ2v) is 8.47. The predicted octanol–water partition coefficient (Wildman–Crippen LogP) is 1.77. The van der Waals surface area contributed by atoms with Gasteiger partial charge in [0.15, 0.2) is 0 Å². The molecule has 0 aromatic rings. The highest BCUT2D eigenvalue weighted by Gasteiger charge is 2.49. The normalized spacial score (nSPS) is 45.2. The molecule has 2 atom stereocenters. The monoisotopic (exact) mass is 306 g/mol. The Morgan fingerprint density at radius 1 is 1.18 bits per heavy atom. The lowest BCUT2D eigenvalue weighted by Crippen LogP contribution is -2.58. The van der Waals surface area contributed by atoms with Gasteiger partial charge in [-0.1, -0.05) is 0 Å². The number of carbonyl (C=O) groups excluding carboxylic acids is 1. The van der Waals surface area contributed by atoms with E-state index >= 15 is 0 Å². The van der Waals surface area contributed by atoms with E-state index in [2.05, 4.69) is 10.2 Å². The number of nitrogens with zero attached hydrogens (tertiary/aromatic N) is 1. The van der Waals surface area contributed by atoms with Crippen LogP contribution in [0.4, 0.5) is 0 Å². The van der Waals surface area contributed by atoms with Gasteiger partial charge in [0.2, 0.25) is 5.91 Å². The van der Waals surface area contributed by atoms with Crippen molar-refractivity contribution in [2.24, 2.45) is 23.7 Å². The van der Waals surface area contributed by atoms with Gasteiger partial charge in [-0.25, -0.2) is 0 Å². The highest BCUT2D eigenvalue weighted by atomic mass is 16.3. The summed E-state index contributed by atoms with van der Waals surface area (Å²) in [5.74, 6) is 3.62. The zero-order valence-electron chi connectivity index (χ0n) is 13.7. The van der Waals surface area contributed by atoms with Crippen molar-refractivity contribution in [3.8, 4) is 0 Å². The number of carbonyl (C=O) groups is 1. The van der Waals surface area contributed by atoms with E-state index in [1.54, 1.807) is 0 Å². The number of aliphatic hydroxyl groups is 1. The van der Waals surface area contributed by atoms with Crippen LogP contribution >= 0.6 is 0 Å². The number of β-amino-alcohol motifs (C(OH)–C–C–N with tert-alkyl or cyclic N) is 1. The third-order valence-corrected chi connectivity index (χ3v) is 6.70. The van der Waals surface area contributed by atoms with Crippen LogP contribution in [0.15, 0.2) is 0 Å². The highest BCUT2D eigenvalue weighted by Crippen LogP contribution is 2.53. The number of aliphatic hydroxyl groups excluding tert-OH is 1. The zero-order valence-corrected chi connectivity index (χ0v) is 13.7. The lowest BCUT2D eigenvalue weighted by Gasteiger charge is -2.54. The fraction of sp³-hybridized carbons (Fsp3) is 0.944. The Morgan fingerprint density at radius 3 is 2.41 bits per heavy atom. The third kappa shape index (κ3) is 2.69. The van der Waals surface area contributed by atoms with Crippen molar-refractivity contribution in [3.05, 3.63) is 0 Å². The topological polar surface area (TPSA) is 52.6 Å². The first-order valence-corrected chi connectivity index (χ1v) is 9.32. The van der Waals surface area contributed by atoms with E-state index in [0.717, 1.165) is 43.1 Å². The highest BCUT2D eigenvalue weighted by molar-refractivity contribution is 5.82. The number of hydrogen-bond acceptors (Lipinski definition) is 3. The van der Waals surface area contributed by atoms with E-state index in [-0.39, 0.29) is 18.1 Å². The second-order valence-electron chi connectivity index (χ2n) is 8.47. The van der Waals surface area contributed by atoms with Crippen molar-refractivity contribution in [2.75, 3.05) is 13.1 Å². The molecule has 4 saturated carbocycles. The molecule has 0 aromatic heterocycles. The molecule has 5 rings (SSSR count). The van der Waals surface area contributed by atoms with Gasteiger partial charge in [-0.2, -0.15) is 0 Å². The summed E-state index contributed by atoms with van der Waals surface area (Å²) < 4.78 is 0. The SMILES string of the molecule is CC(O)CN1CCC[C@@H]1C(=O)NC1C2CC3CC(C2)CC1C3. The van der Waals surface area contributed by atoms with Gasteiger partial charge in [0.25, 0.3) is 0 Å². The van der Waals surface area contributed by atoms with Gasteiger partial charge in [0, 0.05) is 12.6 Å². The summed E-state index contributed by atoms with van der Waals surface area (Å²) in [5, 5.41) is 13.1. The molecule has 4 nitrogen and oxygen atoms in total. The van der Waals surface area contributed by atoms with Gasteiger partial charge in [0.05, 0.1) is 12.1 Å². The molecule has 1 heterocycles. The Bertz CT molecular complexity index is 409. The second kappa shape index (κ2) is 5.79. The summed E-state index contributed by atoms with van der Waals surface area (Å²) in [7, 11) is 0. The number of rotatable bonds is 4. The van der Waals surface area contributed by atoms with Crippen LogP contribution in [0.5, 0.6) is 0 Å². The summed E-state index contributed by atoms with van der Waals surface area (Å²) >= 11 is 0. The summed E-state index contributed by atoms with van der Waals surface area (Å²) in [6.45, 7) is 3.38. The standard InChI is InChI=1S/C18H30N2O2/c1-11(21)10-20-4-2-3-16(20)18(22)19-17-14-6-12-5-13(8-14)9-15(17)7-12/h11-17,21H,2-10H2,1H3,(H,19,22)/t11?,12?,13?,14?,15?,16-,17?/m1/s1. The maximum atomic E-state index is 12.8. The summed E-state index contributed by atoms with van der Waals surface area (Å²) in [4.78, 5) is 15.0. The van der Waals surface area contributed by atoms with Crippen LogP contribution in [0.25, 0.3) is 0 Å². The molecular weight excluding hydrogens is 276 g/mol. The first-order valence-electron chi connectivity index (χ1n) is 9.32. The Hall–Kier alpha value is -0.610. The number of nitrogens with one attached hydrogen (secondary N) is 1. The van der Waals surface area contributed by atoms with Crippen LogP contribution in [0, 0.1) is 23.7 Å². The summed E-state index contributed by atoms with van der Waals surface area (Å²) in [5.41, 5.74) is 0. The molecule has 1 aliphatic heterocycles. The minimum Gasteiger partial charge on any atom is -0.392 e. The molecule has 4 aliphatic carbocycles. The van der Waals surface area contributed by atoms with Crippen LogP contribution in [0.1, 0.15) is 51.9 Å². The van der Waals surface area contributed by atoms with Crippen molar-refractivity contribution in [3.63, 3.8) is 0 Å². The van der Waals surface area contributed by atoms with Gasteiger partial charge in [-0.3, -0.25) is 9.69 Å². The molecule has 0 radical (unpaired) electrons. The number of amides is 1. The fourth-order valence-corrected chi connectivity index (χ4v) is 6.10. The minimum atomic E-state index is -0.352. The van der Waals surface area contributed by atoms with Crippen LogP contribution < -0.4 is 5.32 Å². The van der Waals surface area contributed by atoms with Crippen LogP contribution in [-0.4, -0.2) is 47.2 Å². The molecule has 22 heavy (non-hydrogen) atoms. The van der Waals surface area contributed by atoms with Crippen LogP contribution in [0.3, 0.4) is 0 Å². The van der Waals surface area contributed by atoms with Gasteiger partial charge in [-0.05, 0) is 82.1 Å². The molecule has 4 bridgehead atoms. The Kier molecular flexibility index (Phi) is 3.93. The van der Waals surface area contributed by atoms with E-state index in [0.29, 0.717) is 12.6 Å². The first-order chi connectivity index (χ1) is 10.6. The molecule has 5 fully saturated rings. The quantitative estimate of drug-likeness (QED) is 0.832. The lowest BCUT2D eigenvalue weighted by atomic mass is 9.54. The molecule has 2 N–H and O–H groups in total. The van der Waals surface area contributed by atoms with Gasteiger partial charge in [0.1, 0.15) is 0 Å². The van der Waals surface area contributed by atoms with E-state index in [9.17, 15) is 9.90 Å². The van der Waals surface area contributed by atoms with Crippen LogP contribution in [0.2, 0.25) is 0 Å². The molecule has 0 aromatic carbocycles. The average molecular weight is 306 g/mol. The number of hydrogen-bond donors (Lipinski definition) is 2. The largest absolute Gasteiger partial charge is 0.392 e. The zero-order chi connectivity index (χ0) is 15.3. The maximum Gasteiger partial charge on any atom is 0.237 e.